The molecule has 0 saturated heterocycles. The number of nitrogens with two attached hydrogens (primary N) is 1. The van der Waals surface area contributed by atoms with Gasteiger partial charge in [0.2, 0.25) is 0 Å². The maximum atomic E-state index is 14.9. The summed E-state index contributed by atoms with van der Waals surface area (Å²) in [7, 11) is 0. The van der Waals surface area contributed by atoms with Gasteiger partial charge in [0.15, 0.2) is 5.82 Å². The van der Waals surface area contributed by atoms with Crippen LogP contribution in [0.25, 0.3) is 22.3 Å². The molecule has 0 bridgehead atoms. The highest BCUT2D eigenvalue weighted by Gasteiger charge is 2.38. The molecule has 4 rings (SSSR count). The van der Waals surface area contributed by atoms with Crippen molar-refractivity contribution >= 4 is 22.4 Å². The summed E-state index contributed by atoms with van der Waals surface area (Å²) in [5.74, 6) is -2.31. The molecular formula is C24H21F7N8O2. The summed E-state index contributed by atoms with van der Waals surface area (Å²) in [6, 6.07) is 1.48. The van der Waals surface area contributed by atoms with Crippen molar-refractivity contribution < 1.29 is 30.7 Å². The molecule has 0 spiro atoms. The van der Waals surface area contributed by atoms with Gasteiger partial charge in [-0.2, -0.15) is 31.4 Å². The number of halogens is 7. The zero-order valence-electron chi connectivity index (χ0n) is 21.1. The summed E-state index contributed by atoms with van der Waals surface area (Å²) < 4.78 is 94.9. The Hall–Kier alpha value is -4.57. The second kappa shape index (κ2) is 11.1. The Morgan fingerprint density at radius 3 is 2.44 bits per heavy atom. The number of aromatic nitrogens is 6. The molecule has 1 unspecified atom stereocenters. The molecule has 0 radical (unpaired) electrons. The zero-order valence-corrected chi connectivity index (χ0v) is 21.1. The molecule has 17 heteroatoms. The molecular weight excluding hydrogens is 565 g/mol. The van der Waals surface area contributed by atoms with Gasteiger partial charge in [-0.15, -0.1) is 0 Å². The van der Waals surface area contributed by atoms with Crippen LogP contribution in [0.2, 0.25) is 0 Å². The Morgan fingerprint density at radius 2 is 1.80 bits per heavy atom. The molecule has 0 aliphatic heterocycles. The summed E-state index contributed by atoms with van der Waals surface area (Å²) >= 11 is 0. The Kier molecular flexibility index (Phi) is 7.98. The number of H-pyrrole nitrogens is 1. The Labute approximate surface area is 225 Å². The van der Waals surface area contributed by atoms with Gasteiger partial charge >= 0.3 is 12.4 Å². The van der Waals surface area contributed by atoms with Gasteiger partial charge in [-0.3, -0.25) is 14.2 Å². The first-order valence-corrected chi connectivity index (χ1v) is 12.0. The van der Waals surface area contributed by atoms with Crippen molar-refractivity contribution in [2.75, 3.05) is 11.1 Å². The predicted octanol–water partition coefficient (Wildman–Crippen LogP) is 4.37. The van der Waals surface area contributed by atoms with E-state index >= 15 is 0 Å². The summed E-state index contributed by atoms with van der Waals surface area (Å²) in [6.45, 7) is 1.81. The number of aryl methyl sites for hydroxylation is 1. The minimum absolute atomic E-state index is 0.0271. The minimum atomic E-state index is -4.90. The highest BCUT2D eigenvalue weighted by molar-refractivity contribution is 5.82. The van der Waals surface area contributed by atoms with Crippen molar-refractivity contribution in [3.8, 4) is 11.4 Å². The first kappa shape index (κ1) is 29.4. The third-order valence-electron chi connectivity index (χ3n) is 6.22. The van der Waals surface area contributed by atoms with E-state index in [1.54, 1.807) is 12.0 Å². The van der Waals surface area contributed by atoms with Crippen molar-refractivity contribution in [1.82, 2.24) is 29.7 Å². The van der Waals surface area contributed by atoms with E-state index in [9.17, 15) is 40.3 Å². The van der Waals surface area contributed by atoms with Crippen LogP contribution in [0.5, 0.6) is 0 Å². The first-order valence-electron chi connectivity index (χ1n) is 12.0. The lowest BCUT2D eigenvalue weighted by atomic mass is 10.1. The predicted molar refractivity (Wildman–Crippen MR) is 133 cm³/mol. The maximum Gasteiger partial charge on any atom is 0.423 e. The molecule has 3 aromatic heterocycles. The van der Waals surface area contributed by atoms with E-state index in [-0.39, 0.29) is 23.0 Å². The van der Waals surface area contributed by atoms with Crippen molar-refractivity contribution in [1.29, 1.82) is 0 Å². The summed E-state index contributed by atoms with van der Waals surface area (Å²) in [5, 5.41) is 7.74. The fourth-order valence-corrected chi connectivity index (χ4v) is 4.15. The van der Waals surface area contributed by atoms with Crippen LogP contribution in [0.3, 0.4) is 0 Å². The normalized spacial score (nSPS) is 13.0. The van der Waals surface area contributed by atoms with Crippen LogP contribution in [0.4, 0.5) is 42.2 Å². The van der Waals surface area contributed by atoms with Crippen LogP contribution in [0.1, 0.15) is 37.3 Å². The van der Waals surface area contributed by atoms with Gasteiger partial charge in [-0.1, -0.05) is 6.92 Å². The van der Waals surface area contributed by atoms with E-state index in [4.69, 9.17) is 5.73 Å². The maximum absolute atomic E-state index is 14.9. The zero-order chi connectivity index (χ0) is 30.1. The second-order valence-electron chi connectivity index (χ2n) is 8.96. The summed E-state index contributed by atoms with van der Waals surface area (Å²) in [4.78, 5) is 35.9. The van der Waals surface area contributed by atoms with E-state index in [2.05, 4.69) is 25.4 Å². The smallest absolute Gasteiger partial charge is 0.383 e. The molecule has 4 aromatic rings. The van der Waals surface area contributed by atoms with E-state index in [1.807, 2.05) is 0 Å². The number of hydrogen-bond donors (Lipinski definition) is 3. The number of benzene rings is 1. The van der Waals surface area contributed by atoms with Crippen LogP contribution in [-0.2, 0) is 18.9 Å². The van der Waals surface area contributed by atoms with Crippen LogP contribution in [0, 0.1) is 5.82 Å². The molecule has 0 saturated carbocycles. The highest BCUT2D eigenvalue weighted by Crippen LogP contribution is 2.34. The third-order valence-corrected chi connectivity index (χ3v) is 6.22. The SMILES string of the molecule is CCC(CCCn1cnc2cc(-c3ncc(C(F)(F)F)c(N)n3)c(F)cc2c1=O)Nc1cn[nH]c(=O)c1C(F)(F)F. The number of nitrogen functional groups attached to an aromatic ring is 1. The van der Waals surface area contributed by atoms with Crippen molar-refractivity contribution in [2.45, 2.75) is 51.1 Å². The van der Waals surface area contributed by atoms with Crippen LogP contribution in [-0.4, -0.2) is 35.8 Å². The Bertz CT molecular complexity index is 1700. The molecule has 218 valence electrons. The molecule has 10 nitrogen and oxygen atoms in total. The quantitative estimate of drug-likeness (QED) is 0.258. The summed E-state index contributed by atoms with van der Waals surface area (Å²) in [5.41, 5.74) is -0.0589. The van der Waals surface area contributed by atoms with Gasteiger partial charge in [0.1, 0.15) is 22.8 Å². The number of alkyl halides is 6. The lowest BCUT2D eigenvalue weighted by molar-refractivity contribution is -0.138. The molecule has 0 fully saturated rings. The average molecular weight is 586 g/mol. The van der Waals surface area contributed by atoms with E-state index in [0.29, 0.717) is 25.5 Å². The molecule has 41 heavy (non-hydrogen) atoms. The van der Waals surface area contributed by atoms with Crippen molar-refractivity contribution in [2.24, 2.45) is 0 Å². The van der Waals surface area contributed by atoms with E-state index < -0.39 is 63.8 Å². The van der Waals surface area contributed by atoms with Gasteiger partial charge in [-0.05, 0) is 31.4 Å². The number of rotatable bonds is 8. The molecule has 0 aliphatic carbocycles. The van der Waals surface area contributed by atoms with Crippen molar-refractivity contribution in [3.63, 3.8) is 0 Å². The van der Waals surface area contributed by atoms with E-state index in [1.165, 1.54) is 10.9 Å². The van der Waals surface area contributed by atoms with Gasteiger partial charge in [0.25, 0.3) is 11.1 Å². The van der Waals surface area contributed by atoms with Crippen molar-refractivity contribution in [3.05, 3.63) is 68.5 Å². The highest BCUT2D eigenvalue weighted by atomic mass is 19.4. The number of hydrogen-bond acceptors (Lipinski definition) is 8. The standard InChI is InChI=1S/C24H21F7N8O2/c1-2-11(36-17-9-35-38-21(40)18(17)24(29,30)31)4-3-5-39-10-34-16-7-12(15(25)6-13(16)22(39)41)20-33-8-14(19(32)37-20)23(26,27)28/h6-11H,2-5H2,1H3,(H2,32,33,37)(H2,36,38,40). The molecule has 0 aliphatic rings. The number of fused-ring (bicyclic) bond motifs is 1. The van der Waals surface area contributed by atoms with Crippen LogP contribution >= 0.6 is 0 Å². The first-order chi connectivity index (χ1) is 19.2. The Balaban J connectivity index is 1.52. The fourth-order valence-electron chi connectivity index (χ4n) is 4.15. The number of nitrogens with one attached hydrogen (secondary N) is 2. The van der Waals surface area contributed by atoms with Gasteiger partial charge < -0.3 is 11.1 Å². The lowest BCUT2D eigenvalue weighted by Crippen LogP contribution is -2.28. The van der Waals surface area contributed by atoms with Crippen LogP contribution < -0.4 is 22.2 Å². The van der Waals surface area contributed by atoms with Crippen LogP contribution in [0.15, 0.2) is 40.4 Å². The van der Waals surface area contributed by atoms with E-state index in [0.717, 1.165) is 18.3 Å². The third kappa shape index (κ3) is 6.28. The summed E-state index contributed by atoms with van der Waals surface area (Å²) in [6.07, 6.45) is -6.22. The molecule has 1 atom stereocenters. The largest absolute Gasteiger partial charge is 0.423 e. The minimum Gasteiger partial charge on any atom is -0.383 e. The average Bonchev–Trinajstić information content (AvgIpc) is 2.88. The van der Waals surface area contributed by atoms with Gasteiger partial charge in [0.05, 0.1) is 34.7 Å². The van der Waals surface area contributed by atoms with Gasteiger partial charge in [0, 0.05) is 18.8 Å². The number of nitrogens with zero attached hydrogens (tertiary/aromatic N) is 5. The molecule has 3 heterocycles. The second-order valence-corrected chi connectivity index (χ2v) is 8.96. The monoisotopic (exact) mass is 586 g/mol. The molecule has 1 aromatic carbocycles. The topological polar surface area (TPSA) is 144 Å². The number of aromatic amines is 1. The number of anilines is 2. The molecule has 0 amide bonds. The molecule has 4 N–H and O–H groups in total. The Morgan fingerprint density at radius 1 is 1.07 bits per heavy atom. The lowest BCUT2D eigenvalue weighted by Gasteiger charge is -2.20. The fraction of sp³-hybridized carbons (Fsp3) is 0.333. The van der Waals surface area contributed by atoms with Gasteiger partial charge in [-0.25, -0.2) is 24.4 Å².